The molecule has 0 amide bonds. The van der Waals surface area contributed by atoms with Gasteiger partial charge >= 0.3 is 0 Å². The highest BCUT2D eigenvalue weighted by molar-refractivity contribution is 5.98. The molecule has 1 saturated heterocycles. The zero-order chi connectivity index (χ0) is 15.2. The molecular formula is C16H21NO4. The second-order valence-electron chi connectivity index (χ2n) is 5.91. The van der Waals surface area contributed by atoms with Crippen molar-refractivity contribution in [2.24, 2.45) is 5.92 Å². The van der Waals surface area contributed by atoms with Gasteiger partial charge in [-0.15, -0.1) is 0 Å². The van der Waals surface area contributed by atoms with E-state index in [1.807, 2.05) is 12.1 Å². The van der Waals surface area contributed by atoms with E-state index in [4.69, 9.17) is 14.2 Å². The van der Waals surface area contributed by atoms with Crippen molar-refractivity contribution in [3.8, 4) is 17.2 Å². The van der Waals surface area contributed by atoms with Crippen molar-refractivity contribution in [2.75, 3.05) is 41.5 Å². The van der Waals surface area contributed by atoms with Crippen LogP contribution in [0.1, 0.15) is 12.0 Å². The molecule has 1 aromatic carbocycles. The number of hydrogen-bond acceptors (Lipinski definition) is 5. The van der Waals surface area contributed by atoms with Gasteiger partial charge in [-0.1, -0.05) is 0 Å². The third kappa shape index (κ3) is 1.83. The number of Topliss-reactive ketones (excluding diaryl/α,β-unsaturated/α-hetero) is 1. The predicted molar refractivity (Wildman–Crippen MR) is 78.4 cm³/mol. The van der Waals surface area contributed by atoms with E-state index in [0.717, 1.165) is 18.7 Å². The van der Waals surface area contributed by atoms with Crippen LogP contribution in [-0.4, -0.2) is 52.1 Å². The van der Waals surface area contributed by atoms with E-state index in [0.29, 0.717) is 35.4 Å². The van der Waals surface area contributed by atoms with Gasteiger partial charge in [0.15, 0.2) is 11.5 Å². The third-order valence-corrected chi connectivity index (χ3v) is 4.86. The highest BCUT2D eigenvalue weighted by atomic mass is 16.5. The van der Waals surface area contributed by atoms with E-state index >= 15 is 0 Å². The number of nitrogens with zero attached hydrogens (tertiary/aromatic N) is 1. The van der Waals surface area contributed by atoms with E-state index in [9.17, 15) is 4.79 Å². The third-order valence-electron chi connectivity index (χ3n) is 4.86. The van der Waals surface area contributed by atoms with Gasteiger partial charge in [-0.05, 0) is 30.7 Å². The molecule has 114 valence electrons. The van der Waals surface area contributed by atoms with Crippen molar-refractivity contribution >= 4 is 5.78 Å². The number of likely N-dealkylation sites (N-methyl/N-ethyl adjacent to an activating group) is 1. The highest BCUT2D eigenvalue weighted by Crippen LogP contribution is 2.53. The molecule has 0 bridgehead atoms. The SMILES string of the molecule is COc1cc(C23CN(C)CC2CC3=O)cc(OC)c1OC. The summed E-state index contributed by atoms with van der Waals surface area (Å²) >= 11 is 0. The number of rotatable bonds is 4. The van der Waals surface area contributed by atoms with Crippen LogP contribution in [0.3, 0.4) is 0 Å². The largest absolute Gasteiger partial charge is 0.493 e. The Bertz CT molecular complexity index is 561. The molecule has 1 aliphatic heterocycles. The Morgan fingerprint density at radius 1 is 1.14 bits per heavy atom. The zero-order valence-corrected chi connectivity index (χ0v) is 12.9. The molecule has 2 atom stereocenters. The fourth-order valence-corrected chi connectivity index (χ4v) is 3.81. The van der Waals surface area contributed by atoms with Crippen LogP contribution < -0.4 is 14.2 Å². The Morgan fingerprint density at radius 3 is 2.19 bits per heavy atom. The molecule has 2 fully saturated rings. The smallest absolute Gasteiger partial charge is 0.203 e. The minimum absolute atomic E-state index is 0.311. The molecule has 0 radical (unpaired) electrons. The number of likely N-dealkylation sites (tertiary alicyclic amines) is 1. The van der Waals surface area contributed by atoms with Gasteiger partial charge in [-0.2, -0.15) is 0 Å². The van der Waals surface area contributed by atoms with Crippen LogP contribution in [0.5, 0.6) is 17.2 Å². The zero-order valence-electron chi connectivity index (χ0n) is 12.9. The summed E-state index contributed by atoms with van der Waals surface area (Å²) in [5.41, 5.74) is 0.573. The minimum Gasteiger partial charge on any atom is -0.493 e. The number of ketones is 1. The second kappa shape index (κ2) is 4.91. The van der Waals surface area contributed by atoms with E-state index in [2.05, 4.69) is 11.9 Å². The summed E-state index contributed by atoms with van der Waals surface area (Å²) < 4.78 is 16.2. The quantitative estimate of drug-likeness (QED) is 0.841. The summed E-state index contributed by atoms with van der Waals surface area (Å²) in [5.74, 6) is 2.47. The van der Waals surface area contributed by atoms with Crippen LogP contribution in [0.4, 0.5) is 0 Å². The van der Waals surface area contributed by atoms with Gasteiger partial charge in [-0.25, -0.2) is 0 Å². The van der Waals surface area contributed by atoms with Crippen molar-refractivity contribution < 1.29 is 19.0 Å². The average Bonchev–Trinajstić information content (AvgIpc) is 2.77. The van der Waals surface area contributed by atoms with Crippen molar-refractivity contribution in [3.05, 3.63) is 17.7 Å². The Morgan fingerprint density at radius 2 is 1.76 bits per heavy atom. The van der Waals surface area contributed by atoms with Crippen molar-refractivity contribution in [1.29, 1.82) is 0 Å². The number of carbonyl (C=O) groups is 1. The van der Waals surface area contributed by atoms with E-state index < -0.39 is 5.41 Å². The van der Waals surface area contributed by atoms with Gasteiger partial charge in [0.2, 0.25) is 5.75 Å². The van der Waals surface area contributed by atoms with Crippen LogP contribution in [-0.2, 0) is 10.2 Å². The number of hydrogen-bond donors (Lipinski definition) is 0. The molecule has 5 nitrogen and oxygen atoms in total. The molecule has 1 aromatic rings. The van der Waals surface area contributed by atoms with Crippen LogP contribution in [0.2, 0.25) is 0 Å². The first kappa shape index (κ1) is 14.2. The number of ether oxygens (including phenoxy) is 3. The molecule has 1 heterocycles. The van der Waals surface area contributed by atoms with Crippen LogP contribution >= 0.6 is 0 Å². The lowest BCUT2D eigenvalue weighted by Gasteiger charge is -2.43. The second-order valence-corrected chi connectivity index (χ2v) is 5.91. The summed E-state index contributed by atoms with van der Waals surface area (Å²) in [5, 5.41) is 0. The van der Waals surface area contributed by atoms with Crippen LogP contribution in [0.25, 0.3) is 0 Å². The Labute approximate surface area is 124 Å². The van der Waals surface area contributed by atoms with Crippen molar-refractivity contribution in [1.82, 2.24) is 4.90 Å². The van der Waals surface area contributed by atoms with Crippen molar-refractivity contribution in [2.45, 2.75) is 11.8 Å². The Kier molecular flexibility index (Phi) is 3.32. The minimum atomic E-state index is -0.401. The van der Waals surface area contributed by atoms with Gasteiger partial charge in [0.05, 0.1) is 26.7 Å². The molecule has 1 aliphatic carbocycles. The summed E-state index contributed by atoms with van der Waals surface area (Å²) in [4.78, 5) is 14.6. The van der Waals surface area contributed by atoms with E-state index in [1.165, 1.54) is 0 Å². The lowest BCUT2D eigenvalue weighted by molar-refractivity contribution is -0.134. The van der Waals surface area contributed by atoms with E-state index in [1.54, 1.807) is 21.3 Å². The first-order chi connectivity index (χ1) is 10.1. The first-order valence-electron chi connectivity index (χ1n) is 7.09. The molecule has 5 heteroatoms. The average molecular weight is 291 g/mol. The summed E-state index contributed by atoms with van der Waals surface area (Å²) in [6, 6.07) is 3.84. The highest BCUT2D eigenvalue weighted by Gasteiger charge is 2.60. The van der Waals surface area contributed by atoms with Gasteiger partial charge < -0.3 is 19.1 Å². The summed E-state index contributed by atoms with van der Waals surface area (Å²) in [7, 11) is 6.84. The fourth-order valence-electron chi connectivity index (χ4n) is 3.81. The number of carbonyl (C=O) groups excluding carboxylic acids is 1. The molecular weight excluding hydrogens is 270 g/mol. The first-order valence-corrected chi connectivity index (χ1v) is 7.09. The lowest BCUT2D eigenvalue weighted by atomic mass is 9.57. The Hall–Kier alpha value is -1.75. The number of benzene rings is 1. The topological polar surface area (TPSA) is 48.0 Å². The van der Waals surface area contributed by atoms with Gasteiger partial charge in [-0.3, -0.25) is 4.79 Å². The normalized spacial score (nSPS) is 28.0. The van der Waals surface area contributed by atoms with Crippen LogP contribution in [0, 0.1) is 5.92 Å². The van der Waals surface area contributed by atoms with Crippen molar-refractivity contribution in [3.63, 3.8) is 0 Å². The van der Waals surface area contributed by atoms with Gasteiger partial charge in [0, 0.05) is 19.5 Å². The molecule has 0 aromatic heterocycles. The molecule has 0 N–H and O–H groups in total. The maximum Gasteiger partial charge on any atom is 0.203 e. The maximum atomic E-state index is 12.4. The summed E-state index contributed by atoms with van der Waals surface area (Å²) in [6.07, 6.45) is 0.668. The molecule has 3 rings (SSSR count). The molecule has 1 saturated carbocycles. The molecule has 0 spiro atoms. The maximum absolute atomic E-state index is 12.4. The predicted octanol–water partition coefficient (Wildman–Crippen LogP) is 1.48. The van der Waals surface area contributed by atoms with Crippen LogP contribution in [0.15, 0.2) is 12.1 Å². The van der Waals surface area contributed by atoms with Gasteiger partial charge in [0.25, 0.3) is 0 Å². The monoisotopic (exact) mass is 291 g/mol. The van der Waals surface area contributed by atoms with E-state index in [-0.39, 0.29) is 0 Å². The molecule has 2 unspecified atom stereocenters. The number of fused-ring (bicyclic) bond motifs is 1. The Balaban J connectivity index is 2.12. The molecule has 21 heavy (non-hydrogen) atoms. The molecule has 2 aliphatic rings. The number of methoxy groups -OCH3 is 3. The lowest BCUT2D eigenvalue weighted by Crippen LogP contribution is -2.53. The standard InChI is InChI=1S/C16H21NO4/c1-17-8-11-7-14(18)16(11,9-17)10-5-12(19-2)15(21-4)13(6-10)20-3/h5-6,11H,7-9H2,1-4H3. The fraction of sp³-hybridized carbons (Fsp3) is 0.562. The van der Waals surface area contributed by atoms with Gasteiger partial charge in [0.1, 0.15) is 5.78 Å². The summed E-state index contributed by atoms with van der Waals surface area (Å²) in [6.45, 7) is 1.72.